The van der Waals surface area contributed by atoms with Crippen molar-refractivity contribution in [1.82, 2.24) is 0 Å². The van der Waals surface area contributed by atoms with Crippen molar-refractivity contribution in [3.05, 3.63) is 53.6 Å². The van der Waals surface area contributed by atoms with Crippen LogP contribution < -0.4 is 16.6 Å². The van der Waals surface area contributed by atoms with Gasteiger partial charge >= 0.3 is 5.97 Å². The highest BCUT2D eigenvalue weighted by Gasteiger charge is 2.18. The topological polar surface area (TPSA) is 81.6 Å². The first kappa shape index (κ1) is 15.6. The Labute approximate surface area is 128 Å². The first-order chi connectivity index (χ1) is 10.5. The van der Waals surface area contributed by atoms with Crippen molar-refractivity contribution in [2.75, 3.05) is 23.2 Å². The van der Waals surface area contributed by atoms with Crippen molar-refractivity contribution in [1.29, 1.82) is 0 Å². The molecule has 0 aliphatic rings. The van der Waals surface area contributed by atoms with Crippen LogP contribution in [-0.2, 0) is 11.3 Å². The SMILES string of the molecule is CCOC(=O)c1ccc(N(F)Cc2ccccc2)c(N)c1N. The number of carbonyl (C=O) groups excluding carboxylic acids is 1. The maximum atomic E-state index is 14.3. The van der Waals surface area contributed by atoms with Gasteiger partial charge in [0, 0.05) is 0 Å². The highest BCUT2D eigenvalue weighted by molar-refractivity contribution is 6.00. The first-order valence-electron chi connectivity index (χ1n) is 6.87. The minimum Gasteiger partial charge on any atom is -0.462 e. The van der Waals surface area contributed by atoms with E-state index in [0.717, 1.165) is 5.56 Å². The van der Waals surface area contributed by atoms with Crippen LogP contribution in [0.4, 0.5) is 21.5 Å². The van der Waals surface area contributed by atoms with Gasteiger partial charge in [0.15, 0.2) is 0 Å². The van der Waals surface area contributed by atoms with Crippen LogP contribution in [0.3, 0.4) is 0 Å². The van der Waals surface area contributed by atoms with Crippen LogP contribution in [0.25, 0.3) is 0 Å². The van der Waals surface area contributed by atoms with Gasteiger partial charge in [-0.15, -0.1) is 0 Å². The molecule has 4 N–H and O–H groups in total. The van der Waals surface area contributed by atoms with E-state index in [0.29, 0.717) is 5.12 Å². The smallest absolute Gasteiger partial charge is 0.340 e. The highest BCUT2D eigenvalue weighted by atomic mass is 19.2. The molecule has 0 aliphatic heterocycles. The van der Waals surface area contributed by atoms with Gasteiger partial charge in [0.05, 0.1) is 35.8 Å². The number of ether oxygens (including phenoxy) is 1. The van der Waals surface area contributed by atoms with E-state index in [1.807, 2.05) is 18.2 Å². The van der Waals surface area contributed by atoms with E-state index in [1.54, 1.807) is 19.1 Å². The highest BCUT2D eigenvalue weighted by Crippen LogP contribution is 2.33. The summed E-state index contributed by atoms with van der Waals surface area (Å²) < 4.78 is 19.2. The maximum Gasteiger partial charge on any atom is 0.340 e. The summed E-state index contributed by atoms with van der Waals surface area (Å²) in [6, 6.07) is 11.9. The van der Waals surface area contributed by atoms with Crippen LogP contribution in [0.15, 0.2) is 42.5 Å². The van der Waals surface area contributed by atoms with Gasteiger partial charge in [-0.1, -0.05) is 34.8 Å². The van der Waals surface area contributed by atoms with Crippen molar-refractivity contribution >= 4 is 23.0 Å². The van der Waals surface area contributed by atoms with Crippen LogP contribution in [-0.4, -0.2) is 12.6 Å². The van der Waals surface area contributed by atoms with Crippen LogP contribution >= 0.6 is 0 Å². The van der Waals surface area contributed by atoms with Crippen molar-refractivity contribution in [3.8, 4) is 0 Å². The van der Waals surface area contributed by atoms with Gasteiger partial charge in [0.2, 0.25) is 0 Å². The van der Waals surface area contributed by atoms with Crippen molar-refractivity contribution < 1.29 is 14.0 Å². The number of nitrogens with zero attached hydrogens (tertiary/aromatic N) is 1. The normalized spacial score (nSPS) is 10.3. The molecule has 5 nitrogen and oxygen atoms in total. The van der Waals surface area contributed by atoms with Gasteiger partial charge in [0.25, 0.3) is 0 Å². The number of nitrogen functional groups attached to an aromatic ring is 2. The van der Waals surface area contributed by atoms with Crippen LogP contribution in [0.5, 0.6) is 0 Å². The quantitative estimate of drug-likeness (QED) is 0.504. The van der Waals surface area contributed by atoms with Crippen molar-refractivity contribution in [3.63, 3.8) is 0 Å². The number of benzene rings is 2. The minimum atomic E-state index is -0.577. The number of anilines is 3. The van der Waals surface area contributed by atoms with Crippen LogP contribution in [0.1, 0.15) is 22.8 Å². The Balaban J connectivity index is 2.25. The lowest BCUT2D eigenvalue weighted by Gasteiger charge is -2.18. The molecular weight excluding hydrogens is 285 g/mol. The van der Waals surface area contributed by atoms with Gasteiger partial charge in [0.1, 0.15) is 0 Å². The largest absolute Gasteiger partial charge is 0.462 e. The molecule has 0 saturated carbocycles. The molecule has 0 heterocycles. The predicted molar refractivity (Wildman–Crippen MR) is 85.0 cm³/mol. The van der Waals surface area contributed by atoms with Crippen molar-refractivity contribution in [2.45, 2.75) is 13.5 Å². The molecule has 116 valence electrons. The molecule has 6 heteroatoms. The Morgan fingerprint density at radius 2 is 1.82 bits per heavy atom. The van der Waals surface area contributed by atoms with Gasteiger partial charge in [-0.2, -0.15) is 0 Å². The fraction of sp³-hybridized carbons (Fsp3) is 0.188. The zero-order valence-corrected chi connectivity index (χ0v) is 12.3. The van der Waals surface area contributed by atoms with E-state index < -0.39 is 5.97 Å². The lowest BCUT2D eigenvalue weighted by molar-refractivity contribution is 0.0527. The van der Waals surface area contributed by atoms with Gasteiger partial charge in [-0.3, -0.25) is 0 Å². The fourth-order valence-corrected chi connectivity index (χ4v) is 2.05. The summed E-state index contributed by atoms with van der Waals surface area (Å²) in [5.74, 6) is -0.577. The van der Waals surface area contributed by atoms with Crippen LogP contribution in [0, 0.1) is 0 Å². The van der Waals surface area contributed by atoms with E-state index in [9.17, 15) is 9.28 Å². The zero-order valence-electron chi connectivity index (χ0n) is 12.3. The third-order valence-electron chi connectivity index (χ3n) is 3.19. The molecule has 2 rings (SSSR count). The molecule has 2 aromatic carbocycles. The van der Waals surface area contributed by atoms with Crippen molar-refractivity contribution in [2.24, 2.45) is 0 Å². The molecule has 0 spiro atoms. The molecule has 0 amide bonds. The van der Waals surface area contributed by atoms with Gasteiger partial charge < -0.3 is 16.2 Å². The van der Waals surface area contributed by atoms with E-state index in [1.165, 1.54) is 12.1 Å². The summed E-state index contributed by atoms with van der Waals surface area (Å²) in [6.45, 7) is 1.95. The number of rotatable bonds is 5. The molecule has 22 heavy (non-hydrogen) atoms. The lowest BCUT2D eigenvalue weighted by atomic mass is 10.1. The Bertz CT molecular complexity index is 662. The zero-order chi connectivity index (χ0) is 16.1. The van der Waals surface area contributed by atoms with E-state index in [-0.39, 0.29) is 35.8 Å². The van der Waals surface area contributed by atoms with Gasteiger partial charge in [-0.05, 0) is 24.6 Å². The summed E-state index contributed by atoms with van der Waals surface area (Å²) >= 11 is 0. The van der Waals surface area contributed by atoms with E-state index >= 15 is 0 Å². The Morgan fingerprint density at radius 3 is 2.45 bits per heavy atom. The standard InChI is InChI=1S/C16H18FN3O2/c1-2-22-16(21)12-8-9-13(15(19)14(12)18)20(17)10-11-6-4-3-5-7-11/h3-9H,2,10,18-19H2,1H3. The number of carbonyl (C=O) groups is 1. The summed E-state index contributed by atoms with van der Waals surface area (Å²) in [5, 5.41) is 0.496. The number of hydrogen-bond acceptors (Lipinski definition) is 5. The Hall–Kier alpha value is -2.76. The molecule has 0 atom stereocenters. The molecule has 0 aromatic heterocycles. The Kier molecular flexibility index (Phi) is 4.83. The summed E-state index contributed by atoms with van der Waals surface area (Å²) in [7, 11) is 0. The summed E-state index contributed by atoms with van der Waals surface area (Å²) in [6.07, 6.45) is 0. The average molecular weight is 303 g/mol. The molecule has 0 bridgehead atoms. The van der Waals surface area contributed by atoms with E-state index in [2.05, 4.69) is 0 Å². The molecule has 2 aromatic rings. The molecular formula is C16H18FN3O2. The third kappa shape index (κ3) is 3.28. The summed E-state index contributed by atoms with van der Waals surface area (Å²) in [5.41, 5.74) is 12.8. The predicted octanol–water partition coefficient (Wildman–Crippen LogP) is 2.92. The maximum absolute atomic E-state index is 14.3. The second-order valence-corrected chi connectivity index (χ2v) is 4.69. The minimum absolute atomic E-state index is 0.0176. The molecule has 0 saturated heterocycles. The average Bonchev–Trinajstić information content (AvgIpc) is 2.51. The van der Waals surface area contributed by atoms with Crippen LogP contribution in [0.2, 0.25) is 0 Å². The van der Waals surface area contributed by atoms with E-state index in [4.69, 9.17) is 16.2 Å². The monoisotopic (exact) mass is 303 g/mol. The second-order valence-electron chi connectivity index (χ2n) is 4.69. The first-order valence-corrected chi connectivity index (χ1v) is 6.87. The molecule has 0 fully saturated rings. The molecule has 0 unspecified atom stereocenters. The number of nitrogens with two attached hydrogens (primary N) is 2. The third-order valence-corrected chi connectivity index (χ3v) is 3.19. The second kappa shape index (κ2) is 6.80. The molecule has 0 aliphatic carbocycles. The number of esters is 1. The number of hydrogen-bond donors (Lipinski definition) is 2. The molecule has 0 radical (unpaired) electrons. The summed E-state index contributed by atoms with van der Waals surface area (Å²) in [4.78, 5) is 11.7. The fourth-order valence-electron chi connectivity index (χ4n) is 2.05. The Morgan fingerprint density at radius 1 is 1.14 bits per heavy atom. The number of halogens is 1. The van der Waals surface area contributed by atoms with Gasteiger partial charge in [-0.25, -0.2) is 9.92 Å². The lowest BCUT2D eigenvalue weighted by Crippen LogP contribution is -2.16.